The van der Waals surface area contributed by atoms with Crippen molar-refractivity contribution in [1.82, 2.24) is 25.8 Å². The monoisotopic (exact) mass is 614 g/mol. The van der Waals surface area contributed by atoms with Crippen LogP contribution < -0.4 is 10.6 Å². The molecule has 1 aromatic rings. The van der Waals surface area contributed by atoms with Gasteiger partial charge in [0.15, 0.2) is 0 Å². The van der Waals surface area contributed by atoms with Crippen LogP contribution in [0.1, 0.15) is 91.1 Å². The molecule has 1 spiro atoms. The molecule has 0 aromatic carbocycles. The number of hydrogen-bond acceptors (Lipinski definition) is 11. The first kappa shape index (κ1) is 31.5. The number of guanidine groups is 1. The Labute approximate surface area is 244 Å². The van der Waals surface area contributed by atoms with Gasteiger partial charge in [0.2, 0.25) is 5.96 Å². The van der Waals surface area contributed by atoms with Gasteiger partial charge in [-0.1, -0.05) is 12.1 Å². The molecule has 2 saturated heterocycles. The SMILES string of the molecule is C[C@H](CN=C(NC(=O)OC(C)(C)C)NC(=O)OC(C)(C)C)c1cc([C@@H]2CC3(CC3)[C@@H]3CN2C(=O)N3OS(=O)(=O)O)no1. The van der Waals surface area contributed by atoms with Crippen molar-refractivity contribution in [3.05, 3.63) is 17.5 Å². The van der Waals surface area contributed by atoms with Crippen LogP contribution in [0.4, 0.5) is 14.4 Å². The molecule has 3 aliphatic rings. The quantitative estimate of drug-likeness (QED) is 0.241. The molecule has 4 amide bonds. The van der Waals surface area contributed by atoms with E-state index in [0.717, 1.165) is 17.9 Å². The fraction of sp³-hybridized carbons (Fsp3) is 0.720. The van der Waals surface area contributed by atoms with Gasteiger partial charge in [0.1, 0.15) is 22.7 Å². The number of aromatic nitrogens is 1. The second-order valence-corrected chi connectivity index (χ2v) is 13.9. The van der Waals surface area contributed by atoms with E-state index < -0.39 is 51.9 Å². The highest BCUT2D eigenvalue weighted by atomic mass is 32.3. The van der Waals surface area contributed by atoms with Gasteiger partial charge in [0.05, 0.1) is 18.6 Å². The minimum absolute atomic E-state index is 0.0604. The summed E-state index contributed by atoms with van der Waals surface area (Å²) < 4.78 is 52.6. The minimum atomic E-state index is -4.87. The average Bonchev–Trinajstić information content (AvgIpc) is 3.28. The highest BCUT2D eigenvalue weighted by Gasteiger charge is 2.64. The molecule has 3 fully saturated rings. The summed E-state index contributed by atoms with van der Waals surface area (Å²) in [6.07, 6.45) is 0.428. The molecule has 4 rings (SSSR count). The maximum absolute atomic E-state index is 13.0. The molecule has 3 heterocycles. The van der Waals surface area contributed by atoms with Crippen molar-refractivity contribution in [3.8, 4) is 0 Å². The Morgan fingerprint density at radius 2 is 1.74 bits per heavy atom. The van der Waals surface area contributed by atoms with E-state index in [0.29, 0.717) is 17.9 Å². The van der Waals surface area contributed by atoms with Crippen LogP contribution >= 0.6 is 0 Å². The van der Waals surface area contributed by atoms with Crippen molar-refractivity contribution in [3.63, 3.8) is 0 Å². The normalized spacial score (nSPS) is 22.0. The number of alkyl carbamates (subject to hydrolysis) is 2. The Kier molecular flexibility index (Phi) is 8.25. The van der Waals surface area contributed by atoms with Gasteiger partial charge in [-0.15, -0.1) is 4.28 Å². The van der Waals surface area contributed by atoms with E-state index in [1.54, 1.807) is 54.5 Å². The fourth-order valence-corrected chi connectivity index (χ4v) is 5.37. The Morgan fingerprint density at radius 3 is 2.24 bits per heavy atom. The van der Waals surface area contributed by atoms with Crippen LogP contribution in [0, 0.1) is 5.41 Å². The summed E-state index contributed by atoms with van der Waals surface area (Å²) >= 11 is 0. The first-order valence-electron chi connectivity index (χ1n) is 13.5. The standard InChI is InChI=1S/C25H38N6O10S/c1-14(12-26-19(27-20(32)38-23(2,3)4)28-21(33)39-24(5,6)7)17-10-15(29-40-17)16-11-25(8-9-25)18-13-30(16)22(34)31(18)41-42(35,36)37/h10,14,16,18H,8-9,11-13H2,1-7H3,(H,35,36,37)(H2,26,27,28,32,33)/t14-,16+,18+/m1/s1. The molecular weight excluding hydrogens is 576 g/mol. The third kappa shape index (κ3) is 7.69. The summed E-state index contributed by atoms with van der Waals surface area (Å²) in [6.45, 7) is 12.2. The molecule has 17 heteroatoms. The van der Waals surface area contributed by atoms with E-state index in [-0.39, 0.29) is 30.4 Å². The maximum Gasteiger partial charge on any atom is 0.418 e. The van der Waals surface area contributed by atoms with Crippen molar-refractivity contribution in [1.29, 1.82) is 0 Å². The molecule has 1 saturated carbocycles. The van der Waals surface area contributed by atoms with Crippen LogP contribution in [-0.2, 0) is 24.2 Å². The first-order valence-corrected chi connectivity index (χ1v) is 14.9. The Morgan fingerprint density at radius 1 is 1.17 bits per heavy atom. The largest absolute Gasteiger partial charge is 0.444 e. The Hall–Kier alpha value is -3.44. The molecule has 1 aromatic heterocycles. The lowest BCUT2D eigenvalue weighted by atomic mass is 9.84. The Balaban J connectivity index is 1.47. The summed E-state index contributed by atoms with van der Waals surface area (Å²) in [5.41, 5.74) is -1.43. The lowest BCUT2D eigenvalue weighted by molar-refractivity contribution is -0.0527. The summed E-state index contributed by atoms with van der Waals surface area (Å²) in [5, 5.41) is 9.78. The number of amides is 4. The van der Waals surface area contributed by atoms with Crippen molar-refractivity contribution >= 4 is 34.6 Å². The van der Waals surface area contributed by atoms with Crippen LogP contribution in [0.2, 0.25) is 0 Å². The number of carbonyl (C=O) groups is 3. The number of piperidine rings is 1. The van der Waals surface area contributed by atoms with Gasteiger partial charge in [-0.2, -0.15) is 13.5 Å². The van der Waals surface area contributed by atoms with Crippen LogP contribution in [0.15, 0.2) is 15.6 Å². The molecule has 0 radical (unpaired) electrons. The zero-order valence-corrected chi connectivity index (χ0v) is 25.5. The number of nitrogens with zero attached hydrogens (tertiary/aromatic N) is 4. The molecule has 1 aliphatic carbocycles. The highest BCUT2D eigenvalue weighted by Crippen LogP contribution is 2.61. The second kappa shape index (κ2) is 11.0. The number of aliphatic imine (C=N–C) groups is 1. The predicted octanol–water partition coefficient (Wildman–Crippen LogP) is 3.25. The molecule has 234 valence electrons. The van der Waals surface area contributed by atoms with E-state index in [1.165, 1.54) is 4.90 Å². The number of ether oxygens (including phenoxy) is 2. The third-order valence-electron chi connectivity index (χ3n) is 6.97. The number of carbonyl (C=O) groups excluding carboxylic acids is 3. The summed E-state index contributed by atoms with van der Waals surface area (Å²) in [6, 6.07) is 0.0249. The van der Waals surface area contributed by atoms with Gasteiger partial charge >= 0.3 is 28.6 Å². The second-order valence-electron chi connectivity index (χ2n) is 12.9. The minimum Gasteiger partial charge on any atom is -0.444 e. The zero-order valence-electron chi connectivity index (χ0n) is 24.7. The number of fused-ring (bicyclic) bond motifs is 3. The number of hydroxylamine groups is 2. The lowest BCUT2D eigenvalue weighted by Crippen LogP contribution is -2.47. The third-order valence-corrected chi connectivity index (χ3v) is 7.32. The summed E-state index contributed by atoms with van der Waals surface area (Å²) in [5.74, 6) is -0.116. The van der Waals surface area contributed by atoms with Crippen molar-refractivity contribution in [2.24, 2.45) is 10.4 Å². The molecule has 42 heavy (non-hydrogen) atoms. The summed E-state index contributed by atoms with van der Waals surface area (Å²) in [7, 11) is -4.87. The Bertz CT molecular complexity index is 1330. The van der Waals surface area contributed by atoms with E-state index in [1.807, 2.05) is 0 Å². The van der Waals surface area contributed by atoms with Crippen LogP contribution in [0.3, 0.4) is 0 Å². The number of rotatable bonds is 6. The maximum atomic E-state index is 13.0. The predicted molar refractivity (Wildman–Crippen MR) is 145 cm³/mol. The molecule has 16 nitrogen and oxygen atoms in total. The number of hydrogen-bond donors (Lipinski definition) is 3. The van der Waals surface area contributed by atoms with E-state index >= 15 is 0 Å². The van der Waals surface area contributed by atoms with Gasteiger partial charge in [0.25, 0.3) is 0 Å². The fourth-order valence-electron chi connectivity index (χ4n) is 5.00. The van der Waals surface area contributed by atoms with Crippen LogP contribution in [0.25, 0.3) is 0 Å². The lowest BCUT2D eigenvalue weighted by Gasteiger charge is -2.35. The van der Waals surface area contributed by atoms with Gasteiger partial charge in [-0.3, -0.25) is 20.2 Å². The number of urea groups is 1. The average molecular weight is 615 g/mol. The molecule has 3 atom stereocenters. The first-order chi connectivity index (χ1) is 19.3. The zero-order chi connectivity index (χ0) is 31.3. The van der Waals surface area contributed by atoms with Gasteiger partial charge in [-0.05, 0) is 66.2 Å². The van der Waals surface area contributed by atoms with Crippen molar-refractivity contribution in [2.45, 2.75) is 96.9 Å². The molecular formula is C25H38N6O10S. The van der Waals surface area contributed by atoms with Gasteiger partial charge < -0.3 is 18.9 Å². The molecule has 2 aliphatic heterocycles. The van der Waals surface area contributed by atoms with Crippen LogP contribution in [-0.4, -0.2) is 82.6 Å². The molecule has 3 N–H and O–H groups in total. The van der Waals surface area contributed by atoms with E-state index in [4.69, 9.17) is 14.0 Å². The van der Waals surface area contributed by atoms with Crippen molar-refractivity contribution in [2.75, 3.05) is 13.1 Å². The number of nitrogens with one attached hydrogen (secondary N) is 2. The van der Waals surface area contributed by atoms with Crippen molar-refractivity contribution < 1.29 is 45.6 Å². The highest BCUT2D eigenvalue weighted by molar-refractivity contribution is 7.80. The van der Waals surface area contributed by atoms with Crippen LogP contribution in [0.5, 0.6) is 0 Å². The molecule has 2 bridgehead atoms. The van der Waals surface area contributed by atoms with Gasteiger partial charge in [0, 0.05) is 18.5 Å². The smallest absolute Gasteiger partial charge is 0.418 e. The summed E-state index contributed by atoms with van der Waals surface area (Å²) in [4.78, 5) is 43.5. The topological polar surface area (TPSA) is 202 Å². The van der Waals surface area contributed by atoms with Gasteiger partial charge in [-0.25, -0.2) is 14.4 Å². The molecule has 0 unspecified atom stereocenters. The van der Waals surface area contributed by atoms with E-state index in [2.05, 4.69) is 25.1 Å². The van der Waals surface area contributed by atoms with E-state index in [9.17, 15) is 27.4 Å².